The van der Waals surface area contributed by atoms with Crippen LogP contribution in [0.25, 0.3) is 21.9 Å². The fourth-order valence-corrected chi connectivity index (χ4v) is 3.76. The lowest BCUT2D eigenvalue weighted by molar-refractivity contribution is 0.0689. The van der Waals surface area contributed by atoms with Gasteiger partial charge in [0.2, 0.25) is 0 Å². The predicted molar refractivity (Wildman–Crippen MR) is 118 cm³/mol. The van der Waals surface area contributed by atoms with Gasteiger partial charge in [0.15, 0.2) is 16.9 Å². The molecule has 4 aromatic rings. The smallest absolute Gasteiger partial charge is 0.356 e. The second kappa shape index (κ2) is 7.79. The van der Waals surface area contributed by atoms with Crippen LogP contribution < -0.4 is 11.2 Å². The van der Waals surface area contributed by atoms with E-state index in [4.69, 9.17) is 0 Å². The molecule has 2 aromatic heterocycles. The molecule has 1 N–H and O–H groups in total. The number of hydrogen-bond acceptors (Lipinski definition) is 5. The Hall–Kier alpha value is -3.81. The summed E-state index contributed by atoms with van der Waals surface area (Å²) in [6, 6.07) is 13.6. The maximum absolute atomic E-state index is 12.7. The van der Waals surface area contributed by atoms with Gasteiger partial charge in [0.25, 0.3) is 5.56 Å². The first-order valence-corrected chi connectivity index (χ1v) is 9.98. The summed E-state index contributed by atoms with van der Waals surface area (Å²) in [6.45, 7) is 4.22. The molecule has 0 fully saturated rings. The molecule has 8 nitrogen and oxygen atoms in total. The van der Waals surface area contributed by atoms with Crippen LogP contribution in [0.3, 0.4) is 0 Å². The van der Waals surface area contributed by atoms with Crippen molar-refractivity contribution >= 4 is 27.9 Å². The molecule has 31 heavy (non-hydrogen) atoms. The van der Waals surface area contributed by atoms with E-state index in [1.165, 1.54) is 11.6 Å². The van der Waals surface area contributed by atoms with Crippen LogP contribution in [0, 0.1) is 5.92 Å². The molecule has 4 rings (SSSR count). The van der Waals surface area contributed by atoms with E-state index in [9.17, 15) is 19.5 Å². The van der Waals surface area contributed by atoms with E-state index in [1.54, 1.807) is 0 Å². The number of carbonyl (C=O) groups is 1. The first-order valence-electron chi connectivity index (χ1n) is 9.98. The van der Waals surface area contributed by atoms with Crippen LogP contribution in [0.5, 0.6) is 0 Å². The molecule has 0 aliphatic carbocycles. The zero-order valence-electron chi connectivity index (χ0n) is 17.5. The van der Waals surface area contributed by atoms with Crippen molar-refractivity contribution in [3.05, 3.63) is 80.3 Å². The molecule has 0 saturated carbocycles. The molecule has 0 unspecified atom stereocenters. The standard InChI is InChI=1S/C23H22N4O4/c1-13(2)12-27-20-19(21(28)26(3)23(27)31)25-18(22(29)30)17(24-20)11-15-9-6-8-14-7-4-5-10-16(14)15/h4-10,13H,11-12H2,1-3H3,(H,29,30). The highest BCUT2D eigenvalue weighted by molar-refractivity contribution is 5.90. The molecule has 0 radical (unpaired) electrons. The number of carboxylic acid groups (broad SMARTS) is 1. The molecule has 0 spiro atoms. The summed E-state index contributed by atoms with van der Waals surface area (Å²) in [6.07, 6.45) is 0.205. The van der Waals surface area contributed by atoms with Gasteiger partial charge in [-0.1, -0.05) is 56.3 Å². The zero-order chi connectivity index (χ0) is 22.3. The second-order valence-electron chi connectivity index (χ2n) is 7.96. The number of aromatic nitrogens is 4. The molecule has 2 heterocycles. The van der Waals surface area contributed by atoms with Gasteiger partial charge < -0.3 is 5.11 Å². The minimum absolute atomic E-state index is 0.112. The maximum atomic E-state index is 12.7. The van der Waals surface area contributed by atoms with Gasteiger partial charge in [-0.3, -0.25) is 13.9 Å². The Bertz CT molecular complexity index is 1440. The molecule has 8 heteroatoms. The number of carboxylic acids is 1. The summed E-state index contributed by atoms with van der Waals surface area (Å²) in [4.78, 5) is 46.1. The second-order valence-corrected chi connectivity index (χ2v) is 7.96. The van der Waals surface area contributed by atoms with Crippen molar-refractivity contribution in [3.8, 4) is 0 Å². The summed E-state index contributed by atoms with van der Waals surface area (Å²) in [5.74, 6) is -1.16. The van der Waals surface area contributed by atoms with E-state index in [1.807, 2.05) is 56.3 Å². The van der Waals surface area contributed by atoms with Crippen LogP contribution in [0.15, 0.2) is 52.1 Å². The zero-order valence-corrected chi connectivity index (χ0v) is 17.5. The number of fused-ring (bicyclic) bond motifs is 2. The molecule has 0 bridgehead atoms. The minimum atomic E-state index is -1.27. The maximum Gasteiger partial charge on any atom is 0.356 e. The highest BCUT2D eigenvalue weighted by Crippen LogP contribution is 2.22. The van der Waals surface area contributed by atoms with Gasteiger partial charge in [0, 0.05) is 20.0 Å². The summed E-state index contributed by atoms with van der Waals surface area (Å²) < 4.78 is 2.34. The van der Waals surface area contributed by atoms with Crippen LogP contribution in [-0.4, -0.2) is 30.2 Å². The van der Waals surface area contributed by atoms with Crippen molar-refractivity contribution in [2.45, 2.75) is 26.8 Å². The Labute approximate surface area is 177 Å². The Morgan fingerprint density at radius 2 is 1.77 bits per heavy atom. The largest absolute Gasteiger partial charge is 0.476 e. The van der Waals surface area contributed by atoms with Crippen LogP contribution in [0.4, 0.5) is 0 Å². The third-order valence-corrected chi connectivity index (χ3v) is 5.22. The fraction of sp³-hybridized carbons (Fsp3) is 0.261. The Morgan fingerprint density at radius 3 is 2.48 bits per heavy atom. The summed E-state index contributed by atoms with van der Waals surface area (Å²) >= 11 is 0. The van der Waals surface area contributed by atoms with Gasteiger partial charge in [0.1, 0.15) is 0 Å². The number of aromatic carboxylic acids is 1. The first kappa shape index (κ1) is 20.5. The molecule has 2 aromatic carbocycles. The monoisotopic (exact) mass is 418 g/mol. The van der Waals surface area contributed by atoms with E-state index >= 15 is 0 Å². The van der Waals surface area contributed by atoms with Crippen molar-refractivity contribution < 1.29 is 9.90 Å². The van der Waals surface area contributed by atoms with Crippen LogP contribution in [0.2, 0.25) is 0 Å². The quantitative estimate of drug-likeness (QED) is 0.534. The fourth-order valence-electron chi connectivity index (χ4n) is 3.76. The molecule has 0 atom stereocenters. The molecular formula is C23H22N4O4. The molecule has 0 saturated heterocycles. The Kier molecular flexibility index (Phi) is 5.14. The third-order valence-electron chi connectivity index (χ3n) is 5.22. The van der Waals surface area contributed by atoms with E-state index in [-0.39, 0.29) is 34.9 Å². The number of nitrogens with zero attached hydrogens (tertiary/aromatic N) is 4. The van der Waals surface area contributed by atoms with Gasteiger partial charge >= 0.3 is 11.7 Å². The van der Waals surface area contributed by atoms with Crippen molar-refractivity contribution in [1.29, 1.82) is 0 Å². The average Bonchev–Trinajstić information content (AvgIpc) is 2.75. The normalized spacial score (nSPS) is 11.5. The highest BCUT2D eigenvalue weighted by Gasteiger charge is 2.22. The molecular weight excluding hydrogens is 396 g/mol. The van der Waals surface area contributed by atoms with Crippen molar-refractivity contribution in [3.63, 3.8) is 0 Å². The average molecular weight is 418 g/mol. The van der Waals surface area contributed by atoms with E-state index in [0.717, 1.165) is 20.9 Å². The Balaban J connectivity index is 2.01. The van der Waals surface area contributed by atoms with Crippen molar-refractivity contribution in [1.82, 2.24) is 19.1 Å². The van der Waals surface area contributed by atoms with Gasteiger partial charge in [-0.25, -0.2) is 19.6 Å². The van der Waals surface area contributed by atoms with Crippen LogP contribution in [0.1, 0.15) is 35.6 Å². The van der Waals surface area contributed by atoms with E-state index in [2.05, 4.69) is 9.97 Å². The topological polar surface area (TPSA) is 107 Å². The third kappa shape index (κ3) is 3.61. The van der Waals surface area contributed by atoms with E-state index < -0.39 is 17.2 Å². The van der Waals surface area contributed by atoms with Gasteiger partial charge in [0.05, 0.1) is 5.69 Å². The van der Waals surface area contributed by atoms with Crippen LogP contribution in [-0.2, 0) is 20.0 Å². The summed E-state index contributed by atoms with van der Waals surface area (Å²) in [5.41, 5.74) is -0.361. The summed E-state index contributed by atoms with van der Waals surface area (Å²) in [7, 11) is 1.35. The first-order chi connectivity index (χ1) is 14.8. The van der Waals surface area contributed by atoms with E-state index in [0.29, 0.717) is 6.54 Å². The van der Waals surface area contributed by atoms with Crippen molar-refractivity contribution in [2.75, 3.05) is 0 Å². The molecule has 0 amide bonds. The lowest BCUT2D eigenvalue weighted by Crippen LogP contribution is -2.40. The van der Waals surface area contributed by atoms with Crippen molar-refractivity contribution in [2.24, 2.45) is 13.0 Å². The SMILES string of the molecule is CC(C)Cn1c(=O)n(C)c(=O)c2nc(C(=O)O)c(Cc3cccc4ccccc34)nc21. The highest BCUT2D eigenvalue weighted by atomic mass is 16.4. The Morgan fingerprint density at radius 1 is 1.06 bits per heavy atom. The lowest BCUT2D eigenvalue weighted by atomic mass is 10.00. The molecule has 0 aliphatic rings. The van der Waals surface area contributed by atoms with Gasteiger partial charge in [-0.15, -0.1) is 0 Å². The summed E-state index contributed by atoms with van der Waals surface area (Å²) in [5, 5.41) is 11.8. The number of benzene rings is 2. The van der Waals surface area contributed by atoms with Crippen LogP contribution >= 0.6 is 0 Å². The number of rotatable bonds is 5. The minimum Gasteiger partial charge on any atom is -0.476 e. The lowest BCUT2D eigenvalue weighted by Gasteiger charge is -2.15. The number of hydrogen-bond donors (Lipinski definition) is 1. The molecule has 158 valence electrons. The van der Waals surface area contributed by atoms with Gasteiger partial charge in [-0.05, 0) is 22.3 Å². The predicted octanol–water partition coefficient (Wildman–Crippen LogP) is 2.59. The van der Waals surface area contributed by atoms with Gasteiger partial charge in [-0.2, -0.15) is 0 Å². The molecule has 0 aliphatic heterocycles.